The summed E-state index contributed by atoms with van der Waals surface area (Å²) in [5.74, 6) is -0.275. The van der Waals surface area contributed by atoms with Gasteiger partial charge in [0.25, 0.3) is 0 Å². The molecular weight excluding hydrogens is 327 g/mol. The average molecular weight is 352 g/mol. The van der Waals surface area contributed by atoms with Crippen LogP contribution in [0, 0.1) is 12.7 Å². The smallest absolute Gasteiger partial charge is 0.132 e. The van der Waals surface area contributed by atoms with Crippen LogP contribution in [0.3, 0.4) is 0 Å². The molecule has 1 unspecified atom stereocenters. The summed E-state index contributed by atoms with van der Waals surface area (Å²) < 4.78 is 14.3. The molecule has 0 radical (unpaired) electrons. The van der Waals surface area contributed by atoms with Crippen molar-refractivity contribution in [1.82, 2.24) is 9.88 Å². The number of pyridine rings is 1. The average Bonchev–Trinajstić information content (AvgIpc) is 2.63. The Morgan fingerprint density at radius 3 is 2.50 bits per heavy atom. The number of aliphatic hydroxyl groups excluding tert-OH is 1. The summed E-state index contributed by atoms with van der Waals surface area (Å²) in [5, 5.41) is 11.6. The zero-order valence-corrected chi connectivity index (χ0v) is 15.5. The third kappa shape index (κ3) is 3.62. The SMILES string of the molecule is CCN(CC)C(O)Cc1cccc2cc(C)c(-c3ccccc3F)nc12. The third-order valence-electron chi connectivity index (χ3n) is 4.89. The highest BCUT2D eigenvalue weighted by Crippen LogP contribution is 2.29. The van der Waals surface area contributed by atoms with Gasteiger partial charge in [-0.3, -0.25) is 4.90 Å². The van der Waals surface area contributed by atoms with Gasteiger partial charge in [-0.1, -0.05) is 44.2 Å². The summed E-state index contributed by atoms with van der Waals surface area (Å²) in [4.78, 5) is 6.80. The van der Waals surface area contributed by atoms with E-state index >= 15 is 0 Å². The van der Waals surface area contributed by atoms with E-state index in [1.807, 2.05) is 56.0 Å². The molecule has 0 saturated carbocycles. The zero-order chi connectivity index (χ0) is 18.7. The molecule has 136 valence electrons. The third-order valence-corrected chi connectivity index (χ3v) is 4.89. The molecule has 0 aliphatic carbocycles. The van der Waals surface area contributed by atoms with E-state index < -0.39 is 6.23 Å². The van der Waals surface area contributed by atoms with Crippen molar-refractivity contribution in [3.8, 4) is 11.3 Å². The van der Waals surface area contributed by atoms with Gasteiger partial charge in [-0.25, -0.2) is 9.37 Å². The Hall–Kier alpha value is -2.30. The molecule has 0 spiro atoms. The second-order valence-corrected chi connectivity index (χ2v) is 6.53. The molecule has 3 nitrogen and oxygen atoms in total. The standard InChI is InChI=1S/C22H25FN2O/c1-4-25(5-2)20(26)14-17-10-8-9-16-13-15(3)21(24-22(16)17)18-11-6-7-12-19(18)23/h6-13,20,26H,4-5,14H2,1-3H3. The van der Waals surface area contributed by atoms with E-state index in [1.54, 1.807) is 12.1 Å². The largest absolute Gasteiger partial charge is 0.378 e. The van der Waals surface area contributed by atoms with Crippen LogP contribution in [-0.2, 0) is 6.42 Å². The van der Waals surface area contributed by atoms with Gasteiger partial charge in [0.2, 0.25) is 0 Å². The lowest BCUT2D eigenvalue weighted by Gasteiger charge is -2.25. The number of hydrogen-bond acceptors (Lipinski definition) is 3. The highest BCUT2D eigenvalue weighted by molar-refractivity contribution is 5.86. The fraction of sp³-hybridized carbons (Fsp3) is 0.318. The van der Waals surface area contributed by atoms with Gasteiger partial charge >= 0.3 is 0 Å². The summed E-state index contributed by atoms with van der Waals surface area (Å²) in [5.41, 5.74) is 3.89. The lowest BCUT2D eigenvalue weighted by atomic mass is 10.0. The van der Waals surface area contributed by atoms with Gasteiger partial charge < -0.3 is 5.11 Å². The first-order valence-electron chi connectivity index (χ1n) is 9.11. The van der Waals surface area contributed by atoms with Crippen molar-refractivity contribution in [3.05, 3.63) is 65.5 Å². The Labute approximate surface area is 154 Å². The Bertz CT molecular complexity index is 906. The molecule has 1 heterocycles. The summed E-state index contributed by atoms with van der Waals surface area (Å²) in [6.07, 6.45) is -0.0678. The normalized spacial score (nSPS) is 12.7. The molecular formula is C22H25FN2O. The highest BCUT2D eigenvalue weighted by atomic mass is 19.1. The van der Waals surface area contributed by atoms with Crippen LogP contribution in [0.1, 0.15) is 25.0 Å². The zero-order valence-electron chi connectivity index (χ0n) is 15.5. The van der Waals surface area contributed by atoms with Crippen LogP contribution in [0.25, 0.3) is 22.2 Å². The van der Waals surface area contributed by atoms with Crippen LogP contribution >= 0.6 is 0 Å². The van der Waals surface area contributed by atoms with Crippen LogP contribution in [0.4, 0.5) is 4.39 Å². The van der Waals surface area contributed by atoms with Gasteiger partial charge in [-0.05, 0) is 49.3 Å². The lowest BCUT2D eigenvalue weighted by molar-refractivity contribution is 0.0118. The number of para-hydroxylation sites is 1. The minimum Gasteiger partial charge on any atom is -0.378 e. The van der Waals surface area contributed by atoms with Crippen molar-refractivity contribution in [2.24, 2.45) is 0 Å². The van der Waals surface area contributed by atoms with Crippen molar-refractivity contribution in [1.29, 1.82) is 0 Å². The minimum absolute atomic E-state index is 0.275. The maximum absolute atomic E-state index is 14.3. The predicted octanol–water partition coefficient (Wildman–Crippen LogP) is 4.55. The maximum Gasteiger partial charge on any atom is 0.132 e. The number of halogens is 1. The minimum atomic E-state index is -0.560. The quantitative estimate of drug-likeness (QED) is 0.661. The van der Waals surface area contributed by atoms with Gasteiger partial charge in [-0.2, -0.15) is 0 Å². The fourth-order valence-corrected chi connectivity index (χ4v) is 3.43. The van der Waals surface area contributed by atoms with E-state index in [2.05, 4.69) is 0 Å². The molecule has 0 fully saturated rings. The molecule has 2 aromatic carbocycles. The maximum atomic E-state index is 14.3. The molecule has 0 amide bonds. The highest BCUT2D eigenvalue weighted by Gasteiger charge is 2.16. The summed E-state index contributed by atoms with van der Waals surface area (Å²) in [6.45, 7) is 7.60. The van der Waals surface area contributed by atoms with Crippen LogP contribution < -0.4 is 0 Å². The number of likely N-dealkylation sites (N-methyl/N-ethyl adjacent to an activating group) is 1. The van der Waals surface area contributed by atoms with Crippen molar-refractivity contribution in [2.75, 3.05) is 13.1 Å². The molecule has 1 atom stereocenters. The number of nitrogens with zero attached hydrogens (tertiary/aromatic N) is 2. The number of benzene rings is 2. The Balaban J connectivity index is 2.09. The molecule has 0 bridgehead atoms. The van der Waals surface area contributed by atoms with Crippen LogP contribution in [-0.4, -0.2) is 34.3 Å². The number of aromatic nitrogens is 1. The molecule has 0 saturated heterocycles. The molecule has 0 aliphatic rings. The van der Waals surface area contributed by atoms with Crippen LogP contribution in [0.5, 0.6) is 0 Å². The van der Waals surface area contributed by atoms with Gasteiger partial charge in [0.15, 0.2) is 0 Å². The van der Waals surface area contributed by atoms with Gasteiger partial charge in [0.05, 0.1) is 11.2 Å². The van der Waals surface area contributed by atoms with Gasteiger partial charge in [0, 0.05) is 17.4 Å². The molecule has 26 heavy (non-hydrogen) atoms. The fourth-order valence-electron chi connectivity index (χ4n) is 3.43. The molecule has 3 rings (SSSR count). The van der Waals surface area contributed by atoms with Gasteiger partial charge in [-0.15, -0.1) is 0 Å². The summed E-state index contributed by atoms with van der Waals surface area (Å²) >= 11 is 0. The van der Waals surface area contributed by atoms with E-state index in [-0.39, 0.29) is 5.82 Å². The lowest BCUT2D eigenvalue weighted by Crippen LogP contribution is -2.36. The van der Waals surface area contributed by atoms with Crippen molar-refractivity contribution in [2.45, 2.75) is 33.4 Å². The van der Waals surface area contributed by atoms with E-state index in [0.717, 1.165) is 35.1 Å². The van der Waals surface area contributed by atoms with Crippen molar-refractivity contribution >= 4 is 10.9 Å². The summed E-state index contributed by atoms with van der Waals surface area (Å²) in [7, 11) is 0. The van der Waals surface area contributed by atoms with E-state index in [4.69, 9.17) is 4.98 Å². The van der Waals surface area contributed by atoms with E-state index in [9.17, 15) is 9.50 Å². The van der Waals surface area contributed by atoms with Crippen LogP contribution in [0.2, 0.25) is 0 Å². The number of fused-ring (bicyclic) bond motifs is 1. The number of rotatable bonds is 6. The molecule has 1 N–H and O–H groups in total. The van der Waals surface area contributed by atoms with Gasteiger partial charge in [0.1, 0.15) is 12.0 Å². The Morgan fingerprint density at radius 2 is 1.81 bits per heavy atom. The number of aliphatic hydroxyl groups is 1. The predicted molar refractivity (Wildman–Crippen MR) is 105 cm³/mol. The molecule has 4 heteroatoms. The topological polar surface area (TPSA) is 36.4 Å². The van der Waals surface area contributed by atoms with Crippen LogP contribution in [0.15, 0.2) is 48.5 Å². The van der Waals surface area contributed by atoms with Crippen molar-refractivity contribution < 1.29 is 9.50 Å². The first-order valence-corrected chi connectivity index (χ1v) is 9.11. The Kier molecular flexibility index (Phi) is 5.64. The second-order valence-electron chi connectivity index (χ2n) is 6.53. The first kappa shape index (κ1) is 18.5. The van der Waals surface area contributed by atoms with E-state index in [0.29, 0.717) is 17.7 Å². The Morgan fingerprint density at radius 1 is 1.08 bits per heavy atom. The van der Waals surface area contributed by atoms with E-state index in [1.165, 1.54) is 6.07 Å². The molecule has 1 aromatic heterocycles. The second kappa shape index (κ2) is 7.94. The first-order chi connectivity index (χ1) is 12.5. The summed E-state index contributed by atoms with van der Waals surface area (Å²) in [6, 6.07) is 14.7. The number of aryl methyl sites for hydroxylation is 1. The number of hydrogen-bond donors (Lipinski definition) is 1. The van der Waals surface area contributed by atoms with Crippen molar-refractivity contribution in [3.63, 3.8) is 0 Å². The molecule has 3 aromatic rings. The monoisotopic (exact) mass is 352 g/mol. The molecule has 0 aliphatic heterocycles.